The summed E-state index contributed by atoms with van der Waals surface area (Å²) in [7, 11) is 1.79. The molecule has 0 fully saturated rings. The van der Waals surface area contributed by atoms with Crippen molar-refractivity contribution in [3.8, 4) is 17.9 Å². The van der Waals surface area contributed by atoms with Crippen LogP contribution in [-0.4, -0.2) is 13.6 Å². The fraction of sp³-hybridized carbons (Fsp3) is 0.250. The van der Waals surface area contributed by atoms with Gasteiger partial charge in [0.05, 0.1) is 0 Å². The SMILES string of the molecule is CNCCC#Cc1cc(F)c(C#N)c(F)c1. The van der Waals surface area contributed by atoms with Crippen LogP contribution in [-0.2, 0) is 0 Å². The first-order chi connectivity index (χ1) is 7.69. The largest absolute Gasteiger partial charge is 0.319 e. The molecule has 1 N–H and O–H groups in total. The van der Waals surface area contributed by atoms with E-state index >= 15 is 0 Å². The second-order valence-electron chi connectivity index (χ2n) is 3.08. The molecule has 0 aromatic heterocycles. The van der Waals surface area contributed by atoms with E-state index in [0.29, 0.717) is 13.0 Å². The molecule has 4 heteroatoms. The zero-order valence-corrected chi connectivity index (χ0v) is 8.77. The summed E-state index contributed by atoms with van der Waals surface area (Å²) in [5, 5.41) is 11.4. The predicted molar refractivity (Wildman–Crippen MR) is 56.5 cm³/mol. The van der Waals surface area contributed by atoms with Crippen molar-refractivity contribution in [3.05, 3.63) is 34.9 Å². The zero-order valence-electron chi connectivity index (χ0n) is 8.77. The van der Waals surface area contributed by atoms with E-state index in [2.05, 4.69) is 17.2 Å². The van der Waals surface area contributed by atoms with Crippen molar-refractivity contribution in [3.63, 3.8) is 0 Å². The summed E-state index contributed by atoms with van der Waals surface area (Å²) >= 11 is 0. The monoisotopic (exact) mass is 220 g/mol. The Morgan fingerprint density at radius 2 is 1.94 bits per heavy atom. The normalized spacial score (nSPS) is 9.12. The highest BCUT2D eigenvalue weighted by Gasteiger charge is 2.09. The molecule has 0 atom stereocenters. The Morgan fingerprint density at radius 1 is 1.31 bits per heavy atom. The lowest BCUT2D eigenvalue weighted by molar-refractivity contribution is 0.576. The van der Waals surface area contributed by atoms with E-state index in [9.17, 15) is 8.78 Å². The average Bonchev–Trinajstić information content (AvgIpc) is 2.24. The third kappa shape index (κ3) is 3.05. The molecule has 0 heterocycles. The molecule has 0 saturated carbocycles. The highest BCUT2D eigenvalue weighted by atomic mass is 19.1. The van der Waals surface area contributed by atoms with Crippen molar-refractivity contribution in [1.82, 2.24) is 5.32 Å². The fourth-order valence-electron chi connectivity index (χ4n) is 1.10. The van der Waals surface area contributed by atoms with Crippen molar-refractivity contribution in [2.75, 3.05) is 13.6 Å². The molecule has 0 aliphatic rings. The summed E-state index contributed by atoms with van der Waals surface area (Å²) < 4.78 is 26.3. The highest BCUT2D eigenvalue weighted by molar-refractivity contribution is 5.42. The van der Waals surface area contributed by atoms with Crippen LogP contribution in [0.5, 0.6) is 0 Å². The molecule has 0 saturated heterocycles. The quantitative estimate of drug-likeness (QED) is 0.609. The van der Waals surface area contributed by atoms with Crippen LogP contribution in [0.2, 0.25) is 0 Å². The maximum Gasteiger partial charge on any atom is 0.145 e. The molecule has 16 heavy (non-hydrogen) atoms. The van der Waals surface area contributed by atoms with E-state index in [1.807, 2.05) is 0 Å². The number of nitrogens with one attached hydrogen (secondary N) is 1. The van der Waals surface area contributed by atoms with Gasteiger partial charge < -0.3 is 5.32 Å². The second kappa shape index (κ2) is 5.85. The van der Waals surface area contributed by atoms with Gasteiger partial charge in [-0.25, -0.2) is 8.78 Å². The first kappa shape index (κ1) is 12.2. The number of benzene rings is 1. The third-order valence-corrected chi connectivity index (χ3v) is 1.89. The van der Waals surface area contributed by atoms with Gasteiger partial charge in [0.25, 0.3) is 0 Å². The number of hydrogen-bond donors (Lipinski definition) is 1. The van der Waals surface area contributed by atoms with Gasteiger partial charge in [-0.2, -0.15) is 5.26 Å². The molecule has 0 aliphatic heterocycles. The predicted octanol–water partition coefficient (Wildman–Crippen LogP) is 1.80. The standard InChI is InChI=1S/C12H10F2N2/c1-16-5-3-2-4-9-6-11(13)10(8-15)12(14)7-9/h6-7,16H,3,5H2,1H3. The molecule has 0 radical (unpaired) electrons. The van der Waals surface area contributed by atoms with Crippen LogP contribution < -0.4 is 5.32 Å². The minimum absolute atomic E-state index is 0.241. The van der Waals surface area contributed by atoms with Crippen LogP contribution in [0.4, 0.5) is 8.78 Å². The van der Waals surface area contributed by atoms with Gasteiger partial charge in [0.15, 0.2) is 0 Å². The molecule has 1 rings (SSSR count). The Hall–Kier alpha value is -1.91. The van der Waals surface area contributed by atoms with E-state index in [0.717, 1.165) is 12.1 Å². The number of rotatable bonds is 2. The van der Waals surface area contributed by atoms with Crippen molar-refractivity contribution in [2.45, 2.75) is 6.42 Å². The van der Waals surface area contributed by atoms with Gasteiger partial charge in [0.1, 0.15) is 23.3 Å². The molecule has 0 spiro atoms. The summed E-state index contributed by atoms with van der Waals surface area (Å²) in [5.74, 6) is 3.65. The average molecular weight is 220 g/mol. The van der Waals surface area contributed by atoms with Gasteiger partial charge in [-0.05, 0) is 19.2 Å². The van der Waals surface area contributed by atoms with E-state index in [-0.39, 0.29) is 5.56 Å². The Balaban J connectivity index is 2.91. The van der Waals surface area contributed by atoms with E-state index < -0.39 is 17.2 Å². The van der Waals surface area contributed by atoms with Gasteiger partial charge in [0, 0.05) is 18.5 Å². The number of nitriles is 1. The molecular weight excluding hydrogens is 210 g/mol. The van der Waals surface area contributed by atoms with Crippen LogP contribution in [0, 0.1) is 34.8 Å². The van der Waals surface area contributed by atoms with Crippen LogP contribution in [0.3, 0.4) is 0 Å². The van der Waals surface area contributed by atoms with Crippen LogP contribution in [0.1, 0.15) is 17.5 Å². The summed E-state index contributed by atoms with van der Waals surface area (Å²) in [4.78, 5) is 0. The van der Waals surface area contributed by atoms with E-state index in [1.165, 1.54) is 6.07 Å². The summed E-state index contributed by atoms with van der Waals surface area (Å²) in [6, 6.07) is 3.59. The maximum atomic E-state index is 13.1. The first-order valence-corrected chi connectivity index (χ1v) is 4.71. The Bertz CT molecular complexity index is 455. The Morgan fingerprint density at radius 3 is 2.44 bits per heavy atom. The molecule has 0 aliphatic carbocycles. The van der Waals surface area contributed by atoms with Gasteiger partial charge in [-0.15, -0.1) is 0 Å². The van der Waals surface area contributed by atoms with Gasteiger partial charge in [-0.3, -0.25) is 0 Å². The van der Waals surface area contributed by atoms with Crippen LogP contribution >= 0.6 is 0 Å². The molecule has 82 valence electrons. The first-order valence-electron chi connectivity index (χ1n) is 4.71. The smallest absolute Gasteiger partial charge is 0.145 e. The minimum atomic E-state index is -0.875. The second-order valence-corrected chi connectivity index (χ2v) is 3.08. The van der Waals surface area contributed by atoms with Gasteiger partial charge in [0.2, 0.25) is 0 Å². The number of nitrogens with zero attached hydrogens (tertiary/aromatic N) is 1. The molecule has 1 aromatic rings. The lowest BCUT2D eigenvalue weighted by Gasteiger charge is -1.96. The molecule has 0 bridgehead atoms. The van der Waals surface area contributed by atoms with E-state index in [4.69, 9.17) is 5.26 Å². The van der Waals surface area contributed by atoms with Crippen molar-refractivity contribution >= 4 is 0 Å². The molecular formula is C12H10F2N2. The number of halogens is 2. The Kier molecular flexibility index (Phi) is 4.44. The fourth-order valence-corrected chi connectivity index (χ4v) is 1.10. The lowest BCUT2D eigenvalue weighted by atomic mass is 10.1. The lowest BCUT2D eigenvalue weighted by Crippen LogP contribution is -2.05. The third-order valence-electron chi connectivity index (χ3n) is 1.89. The molecule has 2 nitrogen and oxygen atoms in total. The van der Waals surface area contributed by atoms with Crippen molar-refractivity contribution in [1.29, 1.82) is 5.26 Å². The summed E-state index contributed by atoms with van der Waals surface area (Å²) in [6.45, 7) is 0.717. The van der Waals surface area contributed by atoms with Crippen LogP contribution in [0.15, 0.2) is 12.1 Å². The van der Waals surface area contributed by atoms with Crippen LogP contribution in [0.25, 0.3) is 0 Å². The van der Waals surface area contributed by atoms with E-state index in [1.54, 1.807) is 7.05 Å². The Labute approximate surface area is 92.9 Å². The maximum absolute atomic E-state index is 13.1. The topological polar surface area (TPSA) is 35.8 Å². The van der Waals surface area contributed by atoms with Crippen molar-refractivity contribution < 1.29 is 8.78 Å². The number of hydrogen-bond acceptors (Lipinski definition) is 2. The minimum Gasteiger partial charge on any atom is -0.319 e. The molecule has 0 unspecified atom stereocenters. The highest BCUT2D eigenvalue weighted by Crippen LogP contribution is 2.13. The summed E-state index contributed by atoms with van der Waals surface area (Å²) in [5.41, 5.74) is -0.328. The van der Waals surface area contributed by atoms with Crippen molar-refractivity contribution in [2.24, 2.45) is 0 Å². The van der Waals surface area contributed by atoms with Gasteiger partial charge >= 0.3 is 0 Å². The molecule has 1 aromatic carbocycles. The zero-order chi connectivity index (χ0) is 12.0. The van der Waals surface area contributed by atoms with Gasteiger partial charge in [-0.1, -0.05) is 11.8 Å². The summed E-state index contributed by atoms with van der Waals surface area (Å²) in [6.07, 6.45) is 0.597. The molecule has 0 amide bonds.